The molecule has 0 bridgehead atoms. The summed E-state index contributed by atoms with van der Waals surface area (Å²) in [7, 11) is 3.82. The zero-order valence-corrected chi connectivity index (χ0v) is 12.0. The molecule has 1 saturated heterocycles. The van der Waals surface area contributed by atoms with Gasteiger partial charge in [0, 0.05) is 19.1 Å². The molecule has 0 spiro atoms. The van der Waals surface area contributed by atoms with Crippen molar-refractivity contribution in [2.45, 2.75) is 25.4 Å². The van der Waals surface area contributed by atoms with Crippen molar-refractivity contribution in [3.05, 3.63) is 24.3 Å². The van der Waals surface area contributed by atoms with Crippen molar-refractivity contribution < 1.29 is 9.84 Å². The van der Waals surface area contributed by atoms with Crippen molar-refractivity contribution >= 4 is 5.69 Å². The first-order valence-electron chi connectivity index (χ1n) is 6.88. The van der Waals surface area contributed by atoms with Crippen LogP contribution < -0.4 is 9.64 Å². The van der Waals surface area contributed by atoms with Crippen LogP contribution in [0.5, 0.6) is 5.75 Å². The number of anilines is 1. The van der Waals surface area contributed by atoms with E-state index in [2.05, 4.69) is 29.8 Å². The van der Waals surface area contributed by atoms with Crippen molar-refractivity contribution in [1.82, 2.24) is 4.90 Å². The third-order valence-corrected chi connectivity index (χ3v) is 4.09. The Morgan fingerprint density at radius 1 is 1.37 bits per heavy atom. The van der Waals surface area contributed by atoms with Gasteiger partial charge in [0.25, 0.3) is 0 Å². The summed E-state index contributed by atoms with van der Waals surface area (Å²) in [5, 5.41) is 9.71. The highest BCUT2D eigenvalue weighted by molar-refractivity contribution is 5.59. The molecule has 1 fully saturated rings. The van der Waals surface area contributed by atoms with Crippen LogP contribution in [0.4, 0.5) is 5.69 Å². The van der Waals surface area contributed by atoms with Crippen molar-refractivity contribution in [1.29, 1.82) is 0 Å². The number of nitrogens with zero attached hydrogens (tertiary/aromatic N) is 2. The third-order valence-electron chi connectivity index (χ3n) is 4.09. The predicted molar refractivity (Wildman–Crippen MR) is 77.9 cm³/mol. The van der Waals surface area contributed by atoms with Crippen LogP contribution in [-0.4, -0.2) is 55.9 Å². The molecule has 4 heteroatoms. The third kappa shape index (κ3) is 3.01. The summed E-state index contributed by atoms with van der Waals surface area (Å²) in [6, 6.07) is 8.69. The predicted octanol–water partition coefficient (Wildman–Crippen LogP) is 1.59. The summed E-state index contributed by atoms with van der Waals surface area (Å²) in [5.74, 6) is 0.873. The van der Waals surface area contributed by atoms with Gasteiger partial charge in [-0.15, -0.1) is 0 Å². The number of aliphatic hydroxyl groups is 1. The molecule has 1 heterocycles. The minimum absolute atomic E-state index is 0.117. The summed E-state index contributed by atoms with van der Waals surface area (Å²) in [5.41, 5.74) is 1.08. The van der Waals surface area contributed by atoms with Crippen molar-refractivity contribution in [3.63, 3.8) is 0 Å². The molecule has 2 rings (SSSR count). The SMILES string of the molecule is COc1ccccc1N1CCC(C)N(C)CC1CO. The summed E-state index contributed by atoms with van der Waals surface area (Å²) in [6.07, 6.45) is 1.09. The fourth-order valence-corrected chi connectivity index (χ4v) is 2.68. The Bertz CT molecular complexity index is 411. The number of rotatable bonds is 3. The molecule has 1 aromatic carbocycles. The van der Waals surface area contributed by atoms with Crippen LogP contribution in [0.15, 0.2) is 24.3 Å². The number of hydrogen-bond acceptors (Lipinski definition) is 4. The van der Waals surface area contributed by atoms with Gasteiger partial charge in [-0.2, -0.15) is 0 Å². The van der Waals surface area contributed by atoms with Gasteiger partial charge in [-0.05, 0) is 32.5 Å². The summed E-state index contributed by atoms with van der Waals surface area (Å²) in [4.78, 5) is 4.59. The molecule has 1 aliphatic heterocycles. The van der Waals surface area contributed by atoms with Crippen LogP contribution in [-0.2, 0) is 0 Å². The minimum Gasteiger partial charge on any atom is -0.495 e. The Morgan fingerprint density at radius 2 is 2.11 bits per heavy atom. The van der Waals surface area contributed by atoms with Gasteiger partial charge >= 0.3 is 0 Å². The Kier molecular flexibility index (Phi) is 4.66. The number of aliphatic hydroxyl groups excluding tert-OH is 1. The molecule has 0 aromatic heterocycles. The van der Waals surface area contributed by atoms with Gasteiger partial charge in [0.2, 0.25) is 0 Å². The average Bonchev–Trinajstić information content (AvgIpc) is 2.59. The van der Waals surface area contributed by atoms with Crippen LogP contribution in [0.3, 0.4) is 0 Å². The molecular weight excluding hydrogens is 240 g/mol. The van der Waals surface area contributed by atoms with Gasteiger partial charge in [-0.25, -0.2) is 0 Å². The number of hydrogen-bond donors (Lipinski definition) is 1. The maximum atomic E-state index is 9.71. The average molecular weight is 264 g/mol. The molecule has 0 saturated carbocycles. The van der Waals surface area contributed by atoms with E-state index >= 15 is 0 Å². The zero-order chi connectivity index (χ0) is 13.8. The second-order valence-electron chi connectivity index (χ2n) is 5.28. The van der Waals surface area contributed by atoms with Crippen LogP contribution in [0.25, 0.3) is 0 Å². The van der Waals surface area contributed by atoms with Crippen molar-refractivity contribution in [2.24, 2.45) is 0 Å². The molecule has 19 heavy (non-hydrogen) atoms. The molecule has 4 nitrogen and oxygen atoms in total. The molecule has 2 unspecified atom stereocenters. The molecular formula is C15H24N2O2. The normalized spacial score (nSPS) is 25.2. The largest absolute Gasteiger partial charge is 0.495 e. The molecule has 0 radical (unpaired) electrons. The van der Waals surface area contributed by atoms with E-state index in [0.29, 0.717) is 6.04 Å². The smallest absolute Gasteiger partial charge is 0.142 e. The van der Waals surface area contributed by atoms with E-state index in [0.717, 1.165) is 30.9 Å². The van der Waals surface area contributed by atoms with Crippen LogP contribution in [0, 0.1) is 0 Å². The van der Waals surface area contributed by atoms with Crippen LogP contribution in [0.2, 0.25) is 0 Å². The molecule has 106 valence electrons. The fourth-order valence-electron chi connectivity index (χ4n) is 2.68. The topological polar surface area (TPSA) is 35.9 Å². The Labute approximate surface area is 115 Å². The van der Waals surface area contributed by atoms with E-state index in [1.165, 1.54) is 0 Å². The number of likely N-dealkylation sites (N-methyl/N-ethyl adjacent to an activating group) is 1. The van der Waals surface area contributed by atoms with E-state index in [9.17, 15) is 5.11 Å². The Morgan fingerprint density at radius 3 is 2.79 bits per heavy atom. The highest BCUT2D eigenvalue weighted by Crippen LogP contribution is 2.31. The van der Waals surface area contributed by atoms with Gasteiger partial charge in [-0.1, -0.05) is 12.1 Å². The maximum Gasteiger partial charge on any atom is 0.142 e. The van der Waals surface area contributed by atoms with E-state index in [4.69, 9.17) is 4.74 Å². The first-order valence-corrected chi connectivity index (χ1v) is 6.88. The summed E-state index contributed by atoms with van der Waals surface area (Å²) in [6.45, 7) is 4.21. The summed E-state index contributed by atoms with van der Waals surface area (Å²) >= 11 is 0. The molecule has 0 aliphatic carbocycles. The lowest BCUT2D eigenvalue weighted by Gasteiger charge is -2.32. The molecule has 1 aliphatic rings. The molecule has 1 aromatic rings. The second kappa shape index (κ2) is 6.26. The number of ether oxygens (including phenoxy) is 1. The Balaban J connectivity index is 2.30. The van der Waals surface area contributed by atoms with Gasteiger partial charge < -0.3 is 19.6 Å². The standard InChI is InChI=1S/C15H24N2O2/c1-12-8-9-17(13(11-18)10-16(12)2)14-6-4-5-7-15(14)19-3/h4-7,12-13,18H,8-11H2,1-3H3. The van der Waals surface area contributed by atoms with Gasteiger partial charge in [0.05, 0.1) is 25.4 Å². The van der Waals surface area contributed by atoms with E-state index < -0.39 is 0 Å². The highest BCUT2D eigenvalue weighted by atomic mass is 16.5. The number of benzene rings is 1. The van der Waals surface area contributed by atoms with Crippen molar-refractivity contribution in [3.8, 4) is 5.75 Å². The van der Waals surface area contributed by atoms with Crippen molar-refractivity contribution in [2.75, 3.05) is 38.8 Å². The lowest BCUT2D eigenvalue weighted by atomic mass is 10.2. The lowest BCUT2D eigenvalue weighted by Crippen LogP contribution is -2.43. The quantitative estimate of drug-likeness (QED) is 0.899. The van der Waals surface area contributed by atoms with E-state index in [1.54, 1.807) is 7.11 Å². The molecule has 0 amide bonds. The number of methoxy groups -OCH3 is 1. The van der Waals surface area contributed by atoms with E-state index in [-0.39, 0.29) is 12.6 Å². The Hall–Kier alpha value is -1.26. The fraction of sp³-hybridized carbons (Fsp3) is 0.600. The van der Waals surface area contributed by atoms with Gasteiger partial charge in [0.15, 0.2) is 0 Å². The van der Waals surface area contributed by atoms with E-state index in [1.807, 2.05) is 18.2 Å². The van der Waals surface area contributed by atoms with Crippen LogP contribution in [0.1, 0.15) is 13.3 Å². The first-order chi connectivity index (χ1) is 9.17. The highest BCUT2D eigenvalue weighted by Gasteiger charge is 2.27. The lowest BCUT2D eigenvalue weighted by molar-refractivity contribution is 0.206. The molecule has 2 atom stereocenters. The monoisotopic (exact) mass is 264 g/mol. The maximum absolute atomic E-state index is 9.71. The minimum atomic E-state index is 0.117. The van der Waals surface area contributed by atoms with Gasteiger partial charge in [0.1, 0.15) is 5.75 Å². The molecule has 1 N–H and O–H groups in total. The number of para-hydroxylation sites is 2. The zero-order valence-electron chi connectivity index (χ0n) is 12.0. The second-order valence-corrected chi connectivity index (χ2v) is 5.28. The summed E-state index contributed by atoms with van der Waals surface area (Å²) < 4.78 is 5.45. The van der Waals surface area contributed by atoms with Gasteiger partial charge in [-0.3, -0.25) is 0 Å². The van der Waals surface area contributed by atoms with Crippen LogP contribution >= 0.6 is 0 Å². The first kappa shape index (κ1) is 14.2.